The topological polar surface area (TPSA) is 46.2 Å². The van der Waals surface area contributed by atoms with Crippen LogP contribution < -0.4 is 5.32 Å². The quantitative estimate of drug-likeness (QED) is 0.840. The molecule has 0 radical (unpaired) electrons. The van der Waals surface area contributed by atoms with Crippen LogP contribution in [0.25, 0.3) is 0 Å². The molecule has 1 aromatic rings. The van der Waals surface area contributed by atoms with Gasteiger partial charge in [-0.15, -0.1) is 0 Å². The van der Waals surface area contributed by atoms with E-state index in [1.165, 1.54) is 24.3 Å². The lowest BCUT2D eigenvalue weighted by Gasteiger charge is -2.15. The van der Waals surface area contributed by atoms with Gasteiger partial charge >= 0.3 is 5.76 Å². The Morgan fingerprint density at radius 2 is 1.84 bits per heavy atom. The lowest BCUT2D eigenvalue weighted by molar-refractivity contribution is 0.234. The molecule has 0 aliphatic carbocycles. The van der Waals surface area contributed by atoms with Gasteiger partial charge in [0.05, 0.1) is 4.90 Å². The molecule has 1 rings (SSSR count). The van der Waals surface area contributed by atoms with E-state index in [-0.39, 0.29) is 10.9 Å². The number of sulfone groups is 1. The van der Waals surface area contributed by atoms with Gasteiger partial charge in [-0.2, -0.15) is 20.5 Å². The van der Waals surface area contributed by atoms with E-state index in [0.717, 1.165) is 17.9 Å². The van der Waals surface area contributed by atoms with Crippen LogP contribution in [0, 0.1) is 0 Å². The number of thioether (sulfide) groups is 1. The van der Waals surface area contributed by atoms with E-state index in [1.54, 1.807) is 11.8 Å². The van der Waals surface area contributed by atoms with Crippen molar-refractivity contribution in [3.8, 4) is 0 Å². The molecule has 1 unspecified atom stereocenters. The lowest BCUT2D eigenvalue weighted by atomic mass is 10.2. The van der Waals surface area contributed by atoms with Crippen molar-refractivity contribution in [3.63, 3.8) is 0 Å². The number of hydrogen-bond donors (Lipinski definition) is 1. The van der Waals surface area contributed by atoms with E-state index in [1.807, 2.05) is 13.2 Å². The highest BCUT2D eigenvalue weighted by Gasteiger charge is 2.26. The van der Waals surface area contributed by atoms with Gasteiger partial charge in [0.25, 0.3) is 0 Å². The third kappa shape index (κ3) is 4.65. The Morgan fingerprint density at radius 1 is 1.26 bits per heavy atom. The van der Waals surface area contributed by atoms with Crippen molar-refractivity contribution in [2.45, 2.75) is 30.0 Å². The van der Waals surface area contributed by atoms with Crippen LogP contribution in [0.2, 0.25) is 0 Å². The molecule has 0 amide bonds. The van der Waals surface area contributed by atoms with E-state index >= 15 is 0 Å². The smallest absolute Gasteiger partial charge is 0.341 e. The average Bonchev–Trinajstić information content (AvgIpc) is 2.36. The molecule has 0 aromatic heterocycles. The van der Waals surface area contributed by atoms with Crippen molar-refractivity contribution in [3.05, 3.63) is 24.3 Å². The van der Waals surface area contributed by atoms with Gasteiger partial charge in [0, 0.05) is 11.7 Å². The van der Waals surface area contributed by atoms with E-state index in [4.69, 9.17) is 0 Å². The first kappa shape index (κ1) is 16.2. The summed E-state index contributed by atoms with van der Waals surface area (Å²) in [4.78, 5) is -0.357. The molecule has 1 aromatic carbocycles. The van der Waals surface area contributed by atoms with Gasteiger partial charge in [0.1, 0.15) is 0 Å². The number of rotatable bonds is 7. The third-order valence-corrected chi connectivity index (χ3v) is 4.63. The van der Waals surface area contributed by atoms with Crippen molar-refractivity contribution in [2.75, 3.05) is 17.3 Å². The van der Waals surface area contributed by atoms with Gasteiger partial charge in [0.15, 0.2) is 0 Å². The molecular formula is C12H17F2NO2S2. The maximum absolute atomic E-state index is 12.3. The Morgan fingerprint density at radius 3 is 2.32 bits per heavy atom. The van der Waals surface area contributed by atoms with E-state index in [0.29, 0.717) is 0 Å². The molecule has 0 fully saturated rings. The molecule has 1 N–H and O–H groups in total. The summed E-state index contributed by atoms with van der Waals surface area (Å²) in [5, 5.41) is 3.19. The minimum atomic E-state index is -4.50. The number of halogens is 2. The Hall–Kier alpha value is -0.820. The van der Waals surface area contributed by atoms with Gasteiger partial charge in [-0.1, -0.05) is 0 Å². The van der Waals surface area contributed by atoms with Crippen LogP contribution in [0.4, 0.5) is 14.5 Å². The summed E-state index contributed by atoms with van der Waals surface area (Å²) in [6.45, 7) is 2.01. The fourth-order valence-corrected chi connectivity index (χ4v) is 2.81. The first-order chi connectivity index (χ1) is 8.87. The molecule has 0 saturated heterocycles. The third-order valence-electron chi connectivity index (χ3n) is 2.59. The van der Waals surface area contributed by atoms with Crippen LogP contribution in [0.1, 0.15) is 13.3 Å². The van der Waals surface area contributed by atoms with Crippen LogP contribution in [0.5, 0.6) is 0 Å². The molecule has 7 heteroatoms. The van der Waals surface area contributed by atoms with E-state index < -0.39 is 15.6 Å². The number of nitrogens with one attached hydrogen (secondary N) is 1. The number of alkyl halides is 2. The fourth-order valence-electron chi connectivity index (χ4n) is 1.50. The Bertz CT molecular complexity index is 489. The molecule has 0 aliphatic rings. The molecule has 0 bridgehead atoms. The van der Waals surface area contributed by atoms with Crippen LogP contribution in [-0.2, 0) is 9.84 Å². The monoisotopic (exact) mass is 309 g/mol. The van der Waals surface area contributed by atoms with Gasteiger partial charge in [0.2, 0.25) is 9.84 Å². The molecule has 0 spiro atoms. The van der Waals surface area contributed by atoms with Crippen molar-refractivity contribution >= 4 is 27.3 Å². The highest BCUT2D eigenvalue weighted by Crippen LogP contribution is 2.20. The maximum atomic E-state index is 12.3. The largest absolute Gasteiger partial charge is 0.383 e. The highest BCUT2D eigenvalue weighted by molar-refractivity contribution is 7.98. The number of benzene rings is 1. The predicted octanol–water partition coefficient (Wildman–Crippen LogP) is 3.24. The summed E-state index contributed by atoms with van der Waals surface area (Å²) < 4.78 is 47.2. The summed E-state index contributed by atoms with van der Waals surface area (Å²) in [5.74, 6) is -2.36. The summed E-state index contributed by atoms with van der Waals surface area (Å²) >= 11 is 1.75. The zero-order valence-corrected chi connectivity index (χ0v) is 12.4. The zero-order chi connectivity index (χ0) is 14.5. The van der Waals surface area contributed by atoms with E-state index in [9.17, 15) is 17.2 Å². The second-order valence-corrected chi connectivity index (χ2v) is 7.06. The minimum Gasteiger partial charge on any atom is -0.383 e. The van der Waals surface area contributed by atoms with Gasteiger partial charge < -0.3 is 5.32 Å². The number of hydrogen-bond acceptors (Lipinski definition) is 4. The van der Waals surface area contributed by atoms with Gasteiger partial charge in [-0.3, -0.25) is 0 Å². The highest BCUT2D eigenvalue weighted by atomic mass is 32.2. The Balaban J connectivity index is 2.72. The standard InChI is InChI=1S/C12H17F2NO2S2/c1-9(7-8-18-2)15-10-3-5-11(6-4-10)19(16,17)12(13)14/h3-6,9,12,15H,7-8H2,1-2H3. The summed E-state index contributed by atoms with van der Waals surface area (Å²) in [6.07, 6.45) is 3.00. The molecule has 108 valence electrons. The summed E-state index contributed by atoms with van der Waals surface area (Å²) in [7, 11) is -4.50. The van der Waals surface area contributed by atoms with Crippen molar-refractivity contribution in [1.29, 1.82) is 0 Å². The van der Waals surface area contributed by atoms with Crippen LogP contribution in [-0.4, -0.2) is 32.2 Å². The first-order valence-electron chi connectivity index (χ1n) is 5.75. The van der Waals surface area contributed by atoms with Crippen molar-refractivity contribution in [2.24, 2.45) is 0 Å². The zero-order valence-electron chi connectivity index (χ0n) is 10.8. The number of anilines is 1. The first-order valence-corrected chi connectivity index (χ1v) is 8.69. The molecule has 1 atom stereocenters. The summed E-state index contributed by atoms with van der Waals surface area (Å²) in [5.41, 5.74) is 0.724. The van der Waals surface area contributed by atoms with E-state index in [2.05, 4.69) is 5.32 Å². The molecule has 3 nitrogen and oxygen atoms in total. The Kier molecular flexibility index (Phi) is 6.06. The van der Waals surface area contributed by atoms with Gasteiger partial charge in [-0.25, -0.2) is 8.42 Å². The van der Waals surface area contributed by atoms with Crippen molar-refractivity contribution in [1.82, 2.24) is 0 Å². The SMILES string of the molecule is CSCCC(C)Nc1ccc(S(=O)(=O)C(F)F)cc1. The molecule has 0 heterocycles. The van der Waals surface area contributed by atoms with Gasteiger partial charge in [-0.05, 0) is 49.6 Å². The minimum absolute atomic E-state index is 0.241. The van der Waals surface area contributed by atoms with Crippen molar-refractivity contribution < 1.29 is 17.2 Å². The second-order valence-electron chi connectivity index (χ2n) is 4.16. The second kappa shape index (κ2) is 7.09. The molecular weight excluding hydrogens is 292 g/mol. The summed E-state index contributed by atoms with van der Waals surface area (Å²) in [6, 6.07) is 5.65. The predicted molar refractivity (Wildman–Crippen MR) is 75.7 cm³/mol. The maximum Gasteiger partial charge on any atom is 0.341 e. The van der Waals surface area contributed by atoms with Crippen LogP contribution in [0.3, 0.4) is 0 Å². The van der Waals surface area contributed by atoms with Crippen LogP contribution in [0.15, 0.2) is 29.2 Å². The van der Waals surface area contributed by atoms with Crippen LogP contribution >= 0.6 is 11.8 Å². The average molecular weight is 309 g/mol. The molecule has 0 aliphatic heterocycles. The lowest BCUT2D eigenvalue weighted by Crippen LogP contribution is -2.16. The molecule has 0 saturated carbocycles. The fraction of sp³-hybridized carbons (Fsp3) is 0.500. The normalized spacial score (nSPS) is 13.5. The molecule has 19 heavy (non-hydrogen) atoms. The Labute approximate surface area is 116 Å².